The molecule has 1 aliphatic rings. The summed E-state index contributed by atoms with van der Waals surface area (Å²) >= 11 is 2.29. The zero-order valence-corrected chi connectivity index (χ0v) is 10.6. The highest BCUT2D eigenvalue weighted by Crippen LogP contribution is 2.21. The van der Waals surface area contributed by atoms with Crippen LogP contribution in [0.1, 0.15) is 19.8 Å². The van der Waals surface area contributed by atoms with Gasteiger partial charge in [-0.2, -0.15) is 0 Å². The third kappa shape index (κ3) is 2.38. The van der Waals surface area contributed by atoms with Crippen molar-refractivity contribution in [3.8, 4) is 0 Å². The Hall–Kier alpha value is -0.320. The number of halogens is 1. The number of rotatable bonds is 1. The van der Waals surface area contributed by atoms with Gasteiger partial charge in [0, 0.05) is 22.9 Å². The Morgan fingerprint density at radius 2 is 2.36 bits per heavy atom. The summed E-state index contributed by atoms with van der Waals surface area (Å²) in [5.74, 6) is 1.95. The van der Waals surface area contributed by atoms with Crippen molar-refractivity contribution >= 4 is 28.4 Å². The van der Waals surface area contributed by atoms with Gasteiger partial charge in [0.25, 0.3) is 0 Å². The fraction of sp³-hybridized carbons (Fsp3) is 0.545. The third-order valence-corrected chi connectivity index (χ3v) is 3.33. The van der Waals surface area contributed by atoms with Crippen LogP contribution in [0, 0.1) is 9.49 Å². The van der Waals surface area contributed by atoms with E-state index >= 15 is 0 Å². The van der Waals surface area contributed by atoms with Crippen LogP contribution in [0.2, 0.25) is 0 Å². The maximum atomic E-state index is 4.45. The Bertz CT molecular complexity index is 297. The fourth-order valence-corrected chi connectivity index (χ4v) is 2.27. The van der Waals surface area contributed by atoms with Gasteiger partial charge < -0.3 is 4.90 Å². The summed E-state index contributed by atoms with van der Waals surface area (Å²) in [5.41, 5.74) is 0. The van der Waals surface area contributed by atoms with E-state index in [1.165, 1.54) is 16.4 Å². The van der Waals surface area contributed by atoms with Crippen molar-refractivity contribution in [1.82, 2.24) is 4.98 Å². The molecule has 3 heteroatoms. The molecule has 0 radical (unpaired) electrons. The van der Waals surface area contributed by atoms with Crippen LogP contribution in [-0.4, -0.2) is 18.1 Å². The van der Waals surface area contributed by atoms with E-state index in [0.29, 0.717) is 0 Å². The van der Waals surface area contributed by atoms with Crippen LogP contribution >= 0.6 is 22.6 Å². The lowest BCUT2D eigenvalue weighted by Gasteiger charge is -2.31. The van der Waals surface area contributed by atoms with Crippen molar-refractivity contribution in [2.24, 2.45) is 5.92 Å². The van der Waals surface area contributed by atoms with Gasteiger partial charge in [-0.3, -0.25) is 0 Å². The molecular formula is C11H15IN2. The number of pyridine rings is 1. The predicted molar refractivity (Wildman–Crippen MR) is 67.6 cm³/mol. The number of anilines is 1. The second-order valence-corrected chi connectivity index (χ2v) is 5.27. The highest BCUT2D eigenvalue weighted by Gasteiger charge is 2.16. The topological polar surface area (TPSA) is 16.1 Å². The summed E-state index contributed by atoms with van der Waals surface area (Å²) < 4.78 is 1.21. The molecule has 14 heavy (non-hydrogen) atoms. The van der Waals surface area contributed by atoms with Crippen LogP contribution in [0.4, 0.5) is 5.82 Å². The number of aromatic nitrogens is 1. The maximum absolute atomic E-state index is 4.45. The zero-order chi connectivity index (χ0) is 9.97. The molecule has 0 aromatic carbocycles. The molecule has 76 valence electrons. The molecule has 1 atom stereocenters. The molecule has 2 rings (SSSR count). The average molecular weight is 302 g/mol. The van der Waals surface area contributed by atoms with Gasteiger partial charge in [0.1, 0.15) is 5.82 Å². The first-order chi connectivity index (χ1) is 6.75. The molecule has 1 aromatic heterocycles. The van der Waals surface area contributed by atoms with Crippen LogP contribution < -0.4 is 4.90 Å². The largest absolute Gasteiger partial charge is 0.356 e. The number of piperidine rings is 1. The standard InChI is InChI=1S/C11H15IN2/c1-9-3-2-6-14(8-9)11-5-4-10(12)7-13-11/h4-5,7,9H,2-3,6,8H2,1H3. The zero-order valence-electron chi connectivity index (χ0n) is 8.41. The third-order valence-electron chi connectivity index (χ3n) is 2.69. The molecule has 0 N–H and O–H groups in total. The summed E-state index contributed by atoms with van der Waals surface area (Å²) in [6.45, 7) is 4.64. The first-order valence-electron chi connectivity index (χ1n) is 5.12. The molecule has 0 spiro atoms. The Kier molecular flexibility index (Phi) is 3.26. The minimum absolute atomic E-state index is 0.810. The van der Waals surface area contributed by atoms with Gasteiger partial charge in [0.15, 0.2) is 0 Å². The minimum atomic E-state index is 0.810. The monoisotopic (exact) mass is 302 g/mol. The molecule has 1 aromatic rings. The number of nitrogens with zero attached hydrogens (tertiary/aromatic N) is 2. The molecule has 2 nitrogen and oxygen atoms in total. The van der Waals surface area contributed by atoms with Gasteiger partial charge in [0.05, 0.1) is 0 Å². The normalized spacial score (nSPS) is 22.4. The Labute approximate surface area is 98.9 Å². The van der Waals surface area contributed by atoms with E-state index < -0.39 is 0 Å². The van der Waals surface area contributed by atoms with Crippen molar-refractivity contribution in [2.45, 2.75) is 19.8 Å². The molecule has 1 aliphatic heterocycles. The van der Waals surface area contributed by atoms with Crippen LogP contribution in [0.25, 0.3) is 0 Å². The summed E-state index contributed by atoms with van der Waals surface area (Å²) in [4.78, 5) is 6.85. The first-order valence-corrected chi connectivity index (χ1v) is 6.20. The maximum Gasteiger partial charge on any atom is 0.128 e. The molecule has 1 unspecified atom stereocenters. The summed E-state index contributed by atoms with van der Waals surface area (Å²) in [5, 5.41) is 0. The molecule has 0 saturated carbocycles. The lowest BCUT2D eigenvalue weighted by Crippen LogP contribution is -2.34. The van der Waals surface area contributed by atoms with Gasteiger partial charge in [-0.15, -0.1) is 0 Å². The molecule has 0 aliphatic carbocycles. The lowest BCUT2D eigenvalue weighted by molar-refractivity contribution is 0.444. The van der Waals surface area contributed by atoms with Gasteiger partial charge in [-0.05, 0) is 53.5 Å². The van der Waals surface area contributed by atoms with Gasteiger partial charge in [-0.1, -0.05) is 6.92 Å². The molecule has 1 fully saturated rings. The van der Waals surface area contributed by atoms with Gasteiger partial charge in [0.2, 0.25) is 0 Å². The van der Waals surface area contributed by atoms with Gasteiger partial charge >= 0.3 is 0 Å². The van der Waals surface area contributed by atoms with Crippen LogP contribution in [-0.2, 0) is 0 Å². The highest BCUT2D eigenvalue weighted by molar-refractivity contribution is 14.1. The van der Waals surface area contributed by atoms with Crippen LogP contribution in [0.5, 0.6) is 0 Å². The predicted octanol–water partition coefficient (Wildman–Crippen LogP) is 2.92. The molecule has 0 amide bonds. The van der Waals surface area contributed by atoms with E-state index in [2.05, 4.69) is 51.5 Å². The lowest BCUT2D eigenvalue weighted by atomic mass is 10.0. The summed E-state index contributed by atoms with van der Waals surface area (Å²) in [7, 11) is 0. The van der Waals surface area contributed by atoms with Crippen molar-refractivity contribution in [2.75, 3.05) is 18.0 Å². The second-order valence-electron chi connectivity index (χ2n) is 4.03. The SMILES string of the molecule is CC1CCCN(c2ccc(I)cn2)C1. The van der Waals surface area contributed by atoms with Crippen LogP contribution in [0.15, 0.2) is 18.3 Å². The Morgan fingerprint density at radius 1 is 1.50 bits per heavy atom. The first kappa shape index (κ1) is 10.2. The Morgan fingerprint density at radius 3 is 3.00 bits per heavy atom. The highest BCUT2D eigenvalue weighted by atomic mass is 127. The fourth-order valence-electron chi connectivity index (χ4n) is 1.95. The summed E-state index contributed by atoms with van der Waals surface area (Å²) in [6, 6.07) is 4.25. The second kappa shape index (κ2) is 4.47. The van der Waals surface area contributed by atoms with E-state index in [1.54, 1.807) is 0 Å². The van der Waals surface area contributed by atoms with Crippen molar-refractivity contribution < 1.29 is 0 Å². The quantitative estimate of drug-likeness (QED) is 0.742. The van der Waals surface area contributed by atoms with Crippen molar-refractivity contribution in [3.05, 3.63) is 21.9 Å². The number of hydrogen-bond acceptors (Lipinski definition) is 2. The van der Waals surface area contributed by atoms with Gasteiger partial charge in [-0.25, -0.2) is 4.98 Å². The minimum Gasteiger partial charge on any atom is -0.356 e. The smallest absolute Gasteiger partial charge is 0.128 e. The van der Waals surface area contributed by atoms with E-state index in [4.69, 9.17) is 0 Å². The molecule has 2 heterocycles. The molecule has 1 saturated heterocycles. The summed E-state index contributed by atoms with van der Waals surface area (Å²) in [6.07, 6.45) is 4.60. The van der Waals surface area contributed by atoms with Crippen molar-refractivity contribution in [3.63, 3.8) is 0 Å². The molecular weight excluding hydrogens is 287 g/mol. The van der Waals surface area contributed by atoms with E-state index in [0.717, 1.165) is 24.8 Å². The molecule has 0 bridgehead atoms. The number of hydrogen-bond donors (Lipinski definition) is 0. The van der Waals surface area contributed by atoms with E-state index in [1.807, 2.05) is 6.20 Å². The average Bonchev–Trinajstić information content (AvgIpc) is 2.19. The van der Waals surface area contributed by atoms with E-state index in [9.17, 15) is 0 Å². The van der Waals surface area contributed by atoms with Crippen LogP contribution in [0.3, 0.4) is 0 Å². The van der Waals surface area contributed by atoms with Crippen molar-refractivity contribution in [1.29, 1.82) is 0 Å². The Balaban J connectivity index is 2.10. The van der Waals surface area contributed by atoms with E-state index in [-0.39, 0.29) is 0 Å².